The first kappa shape index (κ1) is 11.1. The Morgan fingerprint density at radius 1 is 1.44 bits per heavy atom. The number of anilines is 2. The number of aromatic nitrogens is 2. The van der Waals surface area contributed by atoms with Crippen LogP contribution in [0, 0.1) is 0 Å². The van der Waals surface area contributed by atoms with E-state index >= 15 is 0 Å². The van der Waals surface area contributed by atoms with Crippen molar-refractivity contribution in [2.75, 3.05) is 31.2 Å². The summed E-state index contributed by atoms with van der Waals surface area (Å²) in [6.07, 6.45) is 7.13. The van der Waals surface area contributed by atoms with Gasteiger partial charge in [0.2, 0.25) is 5.95 Å². The van der Waals surface area contributed by atoms with Crippen LogP contribution < -0.4 is 11.1 Å². The predicted octanol–water partition coefficient (Wildman–Crippen LogP) is 0.955. The number of hydrogen-bond donors (Lipinski definition) is 2. The lowest BCUT2D eigenvalue weighted by molar-refractivity contribution is 0.194. The van der Waals surface area contributed by atoms with Crippen LogP contribution in [0.5, 0.6) is 0 Å². The molecule has 0 aromatic carbocycles. The number of piperidine rings is 1. The molecule has 0 radical (unpaired) electrons. The second kappa shape index (κ2) is 5.12. The summed E-state index contributed by atoms with van der Waals surface area (Å²) in [6, 6.07) is 0.593. The summed E-state index contributed by atoms with van der Waals surface area (Å²) < 4.78 is 0. The quantitative estimate of drug-likeness (QED) is 0.795. The standard InChI is InChI=1S/C11H19N5/c1-16-5-3-2-4-10(16)8-15-11-13-6-9(12)7-14-11/h6-7,10H,2-5,8,12H2,1H3,(H,13,14,15). The van der Waals surface area contributed by atoms with Gasteiger partial charge < -0.3 is 16.0 Å². The summed E-state index contributed by atoms with van der Waals surface area (Å²) in [5.74, 6) is 0.660. The van der Waals surface area contributed by atoms with Crippen molar-refractivity contribution >= 4 is 11.6 Å². The van der Waals surface area contributed by atoms with Crippen LogP contribution in [-0.4, -0.2) is 41.0 Å². The topological polar surface area (TPSA) is 67.1 Å². The molecule has 1 aromatic rings. The minimum absolute atomic E-state index is 0.593. The highest BCUT2D eigenvalue weighted by Gasteiger charge is 2.18. The first-order valence-corrected chi connectivity index (χ1v) is 5.77. The predicted molar refractivity (Wildman–Crippen MR) is 65.2 cm³/mol. The van der Waals surface area contributed by atoms with Gasteiger partial charge in [0.05, 0.1) is 18.1 Å². The number of rotatable bonds is 3. The van der Waals surface area contributed by atoms with E-state index in [1.807, 2.05) is 0 Å². The molecule has 3 N–H and O–H groups in total. The number of hydrogen-bond acceptors (Lipinski definition) is 5. The van der Waals surface area contributed by atoms with Crippen LogP contribution in [0.15, 0.2) is 12.4 Å². The van der Waals surface area contributed by atoms with E-state index in [0.29, 0.717) is 17.7 Å². The van der Waals surface area contributed by atoms with Crippen molar-refractivity contribution in [1.82, 2.24) is 14.9 Å². The Morgan fingerprint density at radius 3 is 2.88 bits per heavy atom. The fourth-order valence-electron chi connectivity index (χ4n) is 2.04. The molecule has 1 unspecified atom stereocenters. The van der Waals surface area contributed by atoms with Crippen LogP contribution in [0.1, 0.15) is 19.3 Å². The molecule has 1 aliphatic rings. The molecule has 1 aromatic heterocycles. The van der Waals surface area contributed by atoms with Crippen LogP contribution in [-0.2, 0) is 0 Å². The smallest absolute Gasteiger partial charge is 0.222 e. The maximum absolute atomic E-state index is 5.53. The van der Waals surface area contributed by atoms with E-state index in [0.717, 1.165) is 6.54 Å². The zero-order chi connectivity index (χ0) is 11.4. The van der Waals surface area contributed by atoms with Crippen molar-refractivity contribution in [3.05, 3.63) is 12.4 Å². The molecular weight excluding hydrogens is 202 g/mol. The fraction of sp³-hybridized carbons (Fsp3) is 0.636. The molecule has 1 fully saturated rings. The van der Waals surface area contributed by atoms with Gasteiger partial charge in [-0.1, -0.05) is 6.42 Å². The maximum atomic E-state index is 5.53. The number of nitrogen functional groups attached to an aromatic ring is 1. The minimum Gasteiger partial charge on any atom is -0.396 e. The normalized spacial score (nSPS) is 21.9. The van der Waals surface area contributed by atoms with Gasteiger partial charge in [0.15, 0.2) is 0 Å². The summed E-state index contributed by atoms with van der Waals surface area (Å²) in [4.78, 5) is 10.6. The molecular formula is C11H19N5. The van der Waals surface area contributed by atoms with E-state index < -0.39 is 0 Å². The molecule has 16 heavy (non-hydrogen) atoms. The number of likely N-dealkylation sites (N-methyl/N-ethyl adjacent to an activating group) is 1. The number of likely N-dealkylation sites (tertiary alicyclic amines) is 1. The van der Waals surface area contributed by atoms with Gasteiger partial charge in [0, 0.05) is 12.6 Å². The lowest BCUT2D eigenvalue weighted by atomic mass is 10.0. The summed E-state index contributed by atoms with van der Waals surface area (Å²) in [5, 5.41) is 3.25. The van der Waals surface area contributed by atoms with E-state index in [1.165, 1.54) is 25.8 Å². The Balaban J connectivity index is 1.84. The number of nitrogens with two attached hydrogens (primary N) is 1. The molecule has 1 aliphatic heterocycles. The van der Waals surface area contributed by atoms with E-state index in [2.05, 4.69) is 27.2 Å². The van der Waals surface area contributed by atoms with Gasteiger partial charge >= 0.3 is 0 Å². The van der Waals surface area contributed by atoms with Gasteiger partial charge in [0.1, 0.15) is 0 Å². The van der Waals surface area contributed by atoms with Crippen molar-refractivity contribution in [1.29, 1.82) is 0 Å². The highest BCUT2D eigenvalue weighted by atomic mass is 15.2. The Bertz CT molecular complexity index is 324. The second-order valence-corrected chi connectivity index (χ2v) is 4.35. The average Bonchev–Trinajstić information content (AvgIpc) is 2.30. The second-order valence-electron chi connectivity index (χ2n) is 4.35. The molecule has 0 saturated carbocycles. The number of nitrogens with zero attached hydrogens (tertiary/aromatic N) is 3. The first-order valence-electron chi connectivity index (χ1n) is 5.77. The van der Waals surface area contributed by atoms with Gasteiger partial charge in [0.25, 0.3) is 0 Å². The molecule has 0 bridgehead atoms. The molecule has 0 amide bonds. The molecule has 88 valence electrons. The van der Waals surface area contributed by atoms with E-state index in [-0.39, 0.29) is 0 Å². The molecule has 5 heteroatoms. The third kappa shape index (κ3) is 2.82. The van der Waals surface area contributed by atoms with Gasteiger partial charge in [-0.3, -0.25) is 0 Å². The monoisotopic (exact) mass is 221 g/mol. The zero-order valence-corrected chi connectivity index (χ0v) is 9.69. The van der Waals surface area contributed by atoms with E-state index in [9.17, 15) is 0 Å². The van der Waals surface area contributed by atoms with Crippen LogP contribution >= 0.6 is 0 Å². The van der Waals surface area contributed by atoms with Crippen molar-refractivity contribution in [2.24, 2.45) is 0 Å². The van der Waals surface area contributed by atoms with Crippen molar-refractivity contribution in [3.8, 4) is 0 Å². The molecule has 0 aliphatic carbocycles. The largest absolute Gasteiger partial charge is 0.396 e. The number of nitrogens with one attached hydrogen (secondary N) is 1. The minimum atomic E-state index is 0.593. The highest BCUT2D eigenvalue weighted by Crippen LogP contribution is 2.15. The van der Waals surface area contributed by atoms with Crippen LogP contribution in [0.2, 0.25) is 0 Å². The summed E-state index contributed by atoms with van der Waals surface area (Å²) in [5.41, 5.74) is 6.12. The Hall–Kier alpha value is -1.36. The fourth-order valence-corrected chi connectivity index (χ4v) is 2.04. The van der Waals surface area contributed by atoms with Crippen LogP contribution in [0.4, 0.5) is 11.6 Å². The lowest BCUT2D eigenvalue weighted by Gasteiger charge is -2.32. The average molecular weight is 221 g/mol. The van der Waals surface area contributed by atoms with Crippen molar-refractivity contribution < 1.29 is 0 Å². The van der Waals surface area contributed by atoms with E-state index in [4.69, 9.17) is 5.73 Å². The van der Waals surface area contributed by atoms with Crippen molar-refractivity contribution in [2.45, 2.75) is 25.3 Å². The molecule has 1 saturated heterocycles. The van der Waals surface area contributed by atoms with Gasteiger partial charge in [-0.2, -0.15) is 0 Å². The Morgan fingerprint density at radius 2 is 2.19 bits per heavy atom. The molecule has 2 rings (SSSR count). The zero-order valence-electron chi connectivity index (χ0n) is 9.69. The lowest BCUT2D eigenvalue weighted by Crippen LogP contribution is -2.40. The highest BCUT2D eigenvalue weighted by molar-refractivity contribution is 5.35. The Kier molecular flexibility index (Phi) is 3.56. The van der Waals surface area contributed by atoms with Crippen molar-refractivity contribution in [3.63, 3.8) is 0 Å². The molecule has 5 nitrogen and oxygen atoms in total. The van der Waals surface area contributed by atoms with Crippen LogP contribution in [0.3, 0.4) is 0 Å². The maximum Gasteiger partial charge on any atom is 0.222 e. The third-order valence-electron chi connectivity index (χ3n) is 3.09. The van der Waals surface area contributed by atoms with Crippen LogP contribution in [0.25, 0.3) is 0 Å². The first-order chi connectivity index (χ1) is 7.75. The summed E-state index contributed by atoms with van der Waals surface area (Å²) >= 11 is 0. The SMILES string of the molecule is CN1CCCCC1CNc1ncc(N)cn1. The summed E-state index contributed by atoms with van der Waals surface area (Å²) in [7, 11) is 2.18. The third-order valence-corrected chi connectivity index (χ3v) is 3.09. The van der Waals surface area contributed by atoms with Gasteiger partial charge in [-0.15, -0.1) is 0 Å². The summed E-state index contributed by atoms with van der Waals surface area (Å²) in [6.45, 7) is 2.09. The molecule has 2 heterocycles. The molecule has 0 spiro atoms. The molecule has 1 atom stereocenters. The van der Waals surface area contributed by atoms with E-state index in [1.54, 1.807) is 12.4 Å². The Labute approximate surface area is 96.1 Å². The van der Waals surface area contributed by atoms with Gasteiger partial charge in [-0.25, -0.2) is 9.97 Å². The van der Waals surface area contributed by atoms with Gasteiger partial charge in [-0.05, 0) is 26.4 Å².